The van der Waals surface area contributed by atoms with Gasteiger partial charge in [0, 0.05) is 25.0 Å². The Morgan fingerprint density at radius 3 is 3.06 bits per heavy atom. The number of aryl methyl sites for hydroxylation is 1. The third-order valence-electron chi connectivity index (χ3n) is 2.83. The van der Waals surface area contributed by atoms with Gasteiger partial charge in [0.25, 0.3) is 0 Å². The third-order valence-corrected chi connectivity index (χ3v) is 2.83. The van der Waals surface area contributed by atoms with Crippen LogP contribution in [0.4, 0.5) is 5.82 Å². The predicted molar refractivity (Wildman–Crippen MR) is 66.9 cm³/mol. The number of nitrogens with two attached hydrogens (primary N) is 1. The number of rotatable bonds is 5. The summed E-state index contributed by atoms with van der Waals surface area (Å²) >= 11 is 0. The van der Waals surface area contributed by atoms with Gasteiger partial charge in [-0.25, -0.2) is 4.98 Å². The van der Waals surface area contributed by atoms with Gasteiger partial charge in [0.15, 0.2) is 5.82 Å². The lowest BCUT2D eigenvalue weighted by Crippen LogP contribution is -2.22. The predicted octanol–water partition coefficient (Wildman–Crippen LogP) is 0.972. The topological polar surface area (TPSA) is 81.1 Å². The van der Waals surface area contributed by atoms with Crippen molar-refractivity contribution in [2.75, 3.05) is 11.9 Å². The summed E-state index contributed by atoms with van der Waals surface area (Å²) in [6.07, 6.45) is 5.51. The molecule has 0 fully saturated rings. The Morgan fingerprint density at radius 1 is 1.47 bits per heavy atom. The minimum absolute atomic E-state index is 0.238. The lowest BCUT2D eigenvalue weighted by molar-refractivity contribution is 0.613. The number of aromatic nitrogens is 4. The second kappa shape index (κ2) is 5.09. The Kier molecular flexibility index (Phi) is 3.53. The minimum Gasteiger partial charge on any atom is -0.367 e. The normalized spacial score (nSPS) is 12.9. The van der Waals surface area contributed by atoms with Crippen LogP contribution >= 0.6 is 0 Å². The summed E-state index contributed by atoms with van der Waals surface area (Å²) in [5, 5.41) is 11.4. The molecule has 2 aromatic rings. The van der Waals surface area contributed by atoms with E-state index in [0.29, 0.717) is 0 Å². The average molecular weight is 234 g/mol. The van der Waals surface area contributed by atoms with Crippen molar-refractivity contribution in [2.24, 2.45) is 5.73 Å². The number of nitrogens with one attached hydrogen (secondary N) is 1. The van der Waals surface area contributed by atoms with Crippen molar-refractivity contribution < 1.29 is 0 Å². The summed E-state index contributed by atoms with van der Waals surface area (Å²) in [5.74, 6) is 1.62. The van der Waals surface area contributed by atoms with Crippen LogP contribution < -0.4 is 11.1 Å². The number of anilines is 1. The highest BCUT2D eigenvalue weighted by atomic mass is 15.3. The molecule has 0 radical (unpaired) electrons. The number of hydrogen-bond acceptors (Lipinski definition) is 5. The fourth-order valence-corrected chi connectivity index (χ4v) is 1.65. The molecule has 2 heterocycles. The number of fused-ring (bicyclic) bond motifs is 1. The SMILES string of the molecule is CCC(N)CCNc1nccn2c(C)nnc12. The zero-order valence-corrected chi connectivity index (χ0v) is 10.2. The van der Waals surface area contributed by atoms with Gasteiger partial charge < -0.3 is 11.1 Å². The van der Waals surface area contributed by atoms with E-state index in [4.69, 9.17) is 5.73 Å². The first-order valence-corrected chi connectivity index (χ1v) is 5.88. The molecule has 3 N–H and O–H groups in total. The fraction of sp³-hybridized carbons (Fsp3) is 0.545. The molecule has 0 saturated carbocycles. The summed E-state index contributed by atoms with van der Waals surface area (Å²) in [6, 6.07) is 0.238. The standard InChI is InChI=1S/C11H18N6/c1-3-9(12)4-5-13-10-11-16-15-8(2)17(11)7-6-14-10/h6-7,9H,3-5,12H2,1-2H3,(H,13,14). The maximum absolute atomic E-state index is 5.86. The van der Waals surface area contributed by atoms with E-state index < -0.39 is 0 Å². The molecule has 0 spiro atoms. The number of hydrogen-bond donors (Lipinski definition) is 2. The van der Waals surface area contributed by atoms with E-state index in [0.717, 1.165) is 36.7 Å². The third kappa shape index (κ3) is 2.52. The molecular weight excluding hydrogens is 216 g/mol. The van der Waals surface area contributed by atoms with E-state index >= 15 is 0 Å². The van der Waals surface area contributed by atoms with Gasteiger partial charge in [0.05, 0.1) is 0 Å². The lowest BCUT2D eigenvalue weighted by atomic mass is 10.2. The molecule has 0 aliphatic rings. The van der Waals surface area contributed by atoms with Crippen molar-refractivity contribution in [3.8, 4) is 0 Å². The second-order valence-corrected chi connectivity index (χ2v) is 4.10. The van der Waals surface area contributed by atoms with E-state index in [1.54, 1.807) is 6.20 Å². The van der Waals surface area contributed by atoms with Crippen LogP contribution in [-0.4, -0.2) is 32.2 Å². The fourth-order valence-electron chi connectivity index (χ4n) is 1.65. The van der Waals surface area contributed by atoms with Gasteiger partial charge in [-0.15, -0.1) is 10.2 Å². The van der Waals surface area contributed by atoms with Crippen molar-refractivity contribution in [1.29, 1.82) is 0 Å². The largest absolute Gasteiger partial charge is 0.367 e. The molecular formula is C11H18N6. The van der Waals surface area contributed by atoms with Gasteiger partial charge in [-0.2, -0.15) is 0 Å². The van der Waals surface area contributed by atoms with Crippen molar-refractivity contribution in [1.82, 2.24) is 19.6 Å². The van der Waals surface area contributed by atoms with Crippen LogP contribution in [0.15, 0.2) is 12.4 Å². The molecule has 0 aliphatic carbocycles. The van der Waals surface area contributed by atoms with E-state index in [2.05, 4.69) is 27.4 Å². The van der Waals surface area contributed by atoms with Gasteiger partial charge in [-0.05, 0) is 19.8 Å². The molecule has 0 bridgehead atoms. The molecule has 1 unspecified atom stereocenters. The molecule has 2 rings (SSSR count). The van der Waals surface area contributed by atoms with E-state index in [1.165, 1.54) is 0 Å². The van der Waals surface area contributed by atoms with Gasteiger partial charge in [-0.3, -0.25) is 4.40 Å². The molecule has 1 atom stereocenters. The van der Waals surface area contributed by atoms with Crippen LogP contribution in [0.25, 0.3) is 5.65 Å². The van der Waals surface area contributed by atoms with Gasteiger partial charge in [0.2, 0.25) is 5.65 Å². The number of nitrogens with zero attached hydrogens (tertiary/aromatic N) is 4. The monoisotopic (exact) mass is 234 g/mol. The Balaban J connectivity index is 2.08. The molecule has 0 saturated heterocycles. The molecule has 92 valence electrons. The Morgan fingerprint density at radius 2 is 2.29 bits per heavy atom. The molecule has 6 heteroatoms. The van der Waals surface area contributed by atoms with Crippen LogP contribution in [0.2, 0.25) is 0 Å². The van der Waals surface area contributed by atoms with E-state index in [1.807, 2.05) is 17.5 Å². The van der Waals surface area contributed by atoms with Crippen LogP contribution in [0, 0.1) is 6.92 Å². The van der Waals surface area contributed by atoms with Crippen LogP contribution in [0.5, 0.6) is 0 Å². The first kappa shape index (κ1) is 11.8. The molecule has 6 nitrogen and oxygen atoms in total. The van der Waals surface area contributed by atoms with Gasteiger partial charge in [-0.1, -0.05) is 6.92 Å². The van der Waals surface area contributed by atoms with Crippen molar-refractivity contribution in [3.63, 3.8) is 0 Å². The summed E-state index contributed by atoms with van der Waals surface area (Å²) in [6.45, 7) is 4.80. The zero-order chi connectivity index (χ0) is 12.3. The first-order chi connectivity index (χ1) is 8.22. The highest BCUT2D eigenvalue weighted by molar-refractivity contribution is 5.61. The first-order valence-electron chi connectivity index (χ1n) is 5.88. The molecule has 0 amide bonds. The van der Waals surface area contributed by atoms with Crippen LogP contribution in [0.3, 0.4) is 0 Å². The summed E-state index contributed by atoms with van der Waals surface area (Å²) in [7, 11) is 0. The molecule has 2 aromatic heterocycles. The van der Waals surface area contributed by atoms with Crippen molar-refractivity contribution in [2.45, 2.75) is 32.7 Å². The smallest absolute Gasteiger partial charge is 0.203 e. The van der Waals surface area contributed by atoms with Crippen LogP contribution in [-0.2, 0) is 0 Å². The molecule has 0 aromatic carbocycles. The van der Waals surface area contributed by atoms with Crippen molar-refractivity contribution >= 4 is 11.5 Å². The Hall–Kier alpha value is -1.69. The van der Waals surface area contributed by atoms with Crippen LogP contribution in [0.1, 0.15) is 25.6 Å². The lowest BCUT2D eigenvalue weighted by Gasteiger charge is -2.10. The minimum atomic E-state index is 0.238. The maximum atomic E-state index is 5.86. The Bertz CT molecular complexity index is 492. The zero-order valence-electron chi connectivity index (χ0n) is 10.2. The van der Waals surface area contributed by atoms with Gasteiger partial charge >= 0.3 is 0 Å². The maximum Gasteiger partial charge on any atom is 0.203 e. The summed E-state index contributed by atoms with van der Waals surface area (Å²) < 4.78 is 1.91. The average Bonchev–Trinajstić information content (AvgIpc) is 2.72. The van der Waals surface area contributed by atoms with Gasteiger partial charge in [0.1, 0.15) is 5.82 Å². The highest BCUT2D eigenvalue weighted by Gasteiger charge is 2.07. The summed E-state index contributed by atoms with van der Waals surface area (Å²) in [5.41, 5.74) is 6.62. The Labute approximate surface area is 100 Å². The van der Waals surface area contributed by atoms with E-state index in [-0.39, 0.29) is 6.04 Å². The van der Waals surface area contributed by atoms with E-state index in [9.17, 15) is 0 Å². The summed E-state index contributed by atoms with van der Waals surface area (Å²) in [4.78, 5) is 4.27. The molecule has 17 heavy (non-hydrogen) atoms. The quantitative estimate of drug-likeness (QED) is 0.805. The van der Waals surface area contributed by atoms with Crippen molar-refractivity contribution in [3.05, 3.63) is 18.2 Å². The highest BCUT2D eigenvalue weighted by Crippen LogP contribution is 2.11. The molecule has 0 aliphatic heterocycles. The second-order valence-electron chi connectivity index (χ2n) is 4.10.